The maximum absolute atomic E-state index is 5.66. The van der Waals surface area contributed by atoms with E-state index in [0.29, 0.717) is 11.5 Å². The minimum Gasteiger partial charge on any atom is -0.384 e. The number of aromatic nitrogens is 1. The number of halogens is 2. The Hall–Kier alpha value is -1.85. The summed E-state index contributed by atoms with van der Waals surface area (Å²) >= 11 is 5.66. The molecule has 1 heterocycles. The van der Waals surface area contributed by atoms with Crippen LogP contribution in [0.2, 0.25) is 0 Å². The number of hydrogen-bond acceptors (Lipinski definition) is 5. The molecule has 0 saturated heterocycles. The van der Waals surface area contributed by atoms with E-state index < -0.39 is 0 Å². The third-order valence-corrected chi connectivity index (χ3v) is 6.21. The van der Waals surface area contributed by atoms with E-state index in [9.17, 15) is 0 Å². The molecule has 4 N–H and O–H groups in total. The van der Waals surface area contributed by atoms with Gasteiger partial charge in [-0.15, -0.1) is 29.1 Å². The molecule has 2 aromatic rings. The summed E-state index contributed by atoms with van der Waals surface area (Å²) in [6, 6.07) is 12.7. The summed E-state index contributed by atoms with van der Waals surface area (Å²) in [5.41, 5.74) is 12.4. The summed E-state index contributed by atoms with van der Waals surface area (Å²) in [4.78, 5) is 3.89. The van der Waals surface area contributed by atoms with Crippen molar-refractivity contribution in [3.63, 3.8) is 0 Å². The van der Waals surface area contributed by atoms with Gasteiger partial charge in [0.25, 0.3) is 0 Å². The zero-order chi connectivity index (χ0) is 25.4. The van der Waals surface area contributed by atoms with Gasteiger partial charge in [0.1, 0.15) is 11.5 Å². The van der Waals surface area contributed by atoms with E-state index in [1.807, 2.05) is 30.3 Å². The van der Waals surface area contributed by atoms with Crippen molar-refractivity contribution >= 4 is 47.0 Å². The lowest BCUT2D eigenvalue weighted by molar-refractivity contribution is 0.531. The van der Waals surface area contributed by atoms with Crippen LogP contribution in [0.15, 0.2) is 52.7 Å². The van der Waals surface area contributed by atoms with Crippen molar-refractivity contribution in [1.29, 1.82) is 0 Å². The molecule has 0 aliphatic carbocycles. The molecule has 204 valence electrons. The van der Waals surface area contributed by atoms with E-state index in [1.54, 1.807) is 12.1 Å². The highest BCUT2D eigenvalue weighted by atomic mass is 35.5. The summed E-state index contributed by atoms with van der Waals surface area (Å²) in [6.07, 6.45) is 22.8. The summed E-state index contributed by atoms with van der Waals surface area (Å²) in [5.74, 6) is 1.49. The quantitative estimate of drug-likeness (QED) is 0.112. The van der Waals surface area contributed by atoms with Gasteiger partial charge in [0.2, 0.25) is 0 Å². The fourth-order valence-corrected chi connectivity index (χ4v) is 4.01. The van der Waals surface area contributed by atoms with Crippen LogP contribution in [0.5, 0.6) is 0 Å². The van der Waals surface area contributed by atoms with Crippen LogP contribution in [0, 0.1) is 0 Å². The number of nitrogen functional groups attached to an aromatic ring is 2. The molecule has 0 saturated carbocycles. The first-order valence-electron chi connectivity index (χ1n) is 13.7. The molecule has 36 heavy (non-hydrogen) atoms. The Kier molecular flexibility index (Phi) is 23.6. The number of pyridine rings is 1. The van der Waals surface area contributed by atoms with Crippen molar-refractivity contribution in [2.75, 3.05) is 17.3 Å². The molecule has 0 bridgehead atoms. The summed E-state index contributed by atoms with van der Waals surface area (Å²) < 4.78 is 0. The number of alkyl halides is 1. The third-order valence-electron chi connectivity index (χ3n) is 5.94. The highest BCUT2D eigenvalue weighted by Crippen LogP contribution is 2.23. The fraction of sp³-hybridized carbons (Fsp3) is 0.621. The van der Waals surface area contributed by atoms with Crippen molar-refractivity contribution in [3.8, 4) is 0 Å². The van der Waals surface area contributed by atoms with Gasteiger partial charge in [0, 0.05) is 5.88 Å². The minimum absolute atomic E-state index is 0. The Morgan fingerprint density at radius 2 is 1.11 bits per heavy atom. The van der Waals surface area contributed by atoms with Crippen molar-refractivity contribution < 1.29 is 0 Å². The predicted octanol–water partition coefficient (Wildman–Crippen LogP) is 10.6. The first kappa shape index (κ1) is 34.1. The van der Waals surface area contributed by atoms with E-state index in [2.05, 4.69) is 22.1 Å². The van der Waals surface area contributed by atoms with Crippen molar-refractivity contribution in [2.24, 2.45) is 10.2 Å². The number of azo groups is 1. The normalized spacial score (nSPS) is 10.6. The van der Waals surface area contributed by atoms with Gasteiger partial charge in [0.05, 0.1) is 5.69 Å². The second-order valence-corrected chi connectivity index (χ2v) is 9.55. The molecule has 0 aliphatic rings. The fourth-order valence-electron chi connectivity index (χ4n) is 3.82. The monoisotopic (exact) mass is 537 g/mol. The van der Waals surface area contributed by atoms with Crippen molar-refractivity contribution in [1.82, 2.24) is 4.98 Å². The van der Waals surface area contributed by atoms with Gasteiger partial charge >= 0.3 is 0 Å². The van der Waals surface area contributed by atoms with Gasteiger partial charge in [-0.1, -0.05) is 121 Å². The summed E-state index contributed by atoms with van der Waals surface area (Å²) in [6.45, 7) is 2.29. The van der Waals surface area contributed by atoms with Gasteiger partial charge in [-0.05, 0) is 30.7 Å². The van der Waals surface area contributed by atoms with Crippen LogP contribution in [0.1, 0.15) is 110 Å². The average Bonchev–Trinajstić information content (AvgIpc) is 2.87. The van der Waals surface area contributed by atoms with E-state index in [4.69, 9.17) is 23.1 Å². The highest BCUT2D eigenvalue weighted by molar-refractivity contribution is 6.17. The molecule has 0 aliphatic heterocycles. The lowest BCUT2D eigenvalue weighted by Gasteiger charge is -2.03. The SMILES string of the molecule is CCCCCCCCCCCCCCCCCCCl.Cl.Nc1ccc(/N=N/c2ccccc2)c(N)n1. The van der Waals surface area contributed by atoms with Gasteiger partial charge in [-0.3, -0.25) is 0 Å². The van der Waals surface area contributed by atoms with Crippen molar-refractivity contribution in [2.45, 2.75) is 110 Å². The molecule has 0 unspecified atom stereocenters. The number of anilines is 2. The number of rotatable bonds is 18. The lowest BCUT2D eigenvalue weighted by atomic mass is 10.0. The molecular weight excluding hydrogens is 489 g/mol. The zero-order valence-electron chi connectivity index (χ0n) is 22.3. The van der Waals surface area contributed by atoms with Crippen LogP contribution < -0.4 is 11.5 Å². The van der Waals surface area contributed by atoms with Crippen LogP contribution in [-0.2, 0) is 0 Å². The van der Waals surface area contributed by atoms with E-state index in [1.165, 1.54) is 103 Å². The van der Waals surface area contributed by atoms with Gasteiger partial charge in [-0.25, -0.2) is 4.98 Å². The highest BCUT2D eigenvalue weighted by Gasteiger charge is 1.99. The van der Waals surface area contributed by atoms with Gasteiger partial charge in [-0.2, -0.15) is 5.11 Å². The second-order valence-electron chi connectivity index (χ2n) is 9.17. The second kappa shape index (κ2) is 24.8. The Morgan fingerprint density at radius 1 is 0.639 bits per heavy atom. The maximum atomic E-state index is 5.66. The molecule has 1 aromatic carbocycles. The van der Waals surface area contributed by atoms with Crippen LogP contribution in [0.4, 0.5) is 23.0 Å². The van der Waals surface area contributed by atoms with E-state index >= 15 is 0 Å². The molecule has 0 atom stereocenters. The molecule has 2 rings (SSSR count). The van der Waals surface area contributed by atoms with Crippen LogP contribution >= 0.6 is 24.0 Å². The topological polar surface area (TPSA) is 89.6 Å². The molecular formula is C29H49Cl2N5. The predicted molar refractivity (Wildman–Crippen MR) is 161 cm³/mol. The molecule has 0 fully saturated rings. The van der Waals surface area contributed by atoms with Gasteiger partial charge in [0.15, 0.2) is 5.82 Å². The molecule has 5 nitrogen and oxygen atoms in total. The van der Waals surface area contributed by atoms with Gasteiger partial charge < -0.3 is 11.5 Å². The Bertz CT molecular complexity index is 756. The standard InChI is InChI=1S/C18H37Cl.C11H11N5.ClH/c1-2-3-4-5-6-7-8-9-10-11-12-13-14-15-16-17-18-19;12-10-7-6-9(11(13)14-10)16-15-8-4-2-1-3-5-8;/h2-18H2,1H3;1-7H,(H4,12,13,14);1H/b;16-15+;. The molecule has 1 aromatic heterocycles. The van der Waals surface area contributed by atoms with E-state index in [0.717, 1.165) is 11.6 Å². The van der Waals surface area contributed by atoms with Crippen molar-refractivity contribution in [3.05, 3.63) is 42.5 Å². The smallest absolute Gasteiger partial charge is 0.153 e. The molecule has 0 spiro atoms. The summed E-state index contributed by atoms with van der Waals surface area (Å²) in [5, 5.41) is 8.03. The number of unbranched alkanes of at least 4 members (excludes halogenated alkanes) is 15. The Labute approximate surface area is 231 Å². The molecule has 0 amide bonds. The Morgan fingerprint density at radius 3 is 1.56 bits per heavy atom. The summed E-state index contributed by atoms with van der Waals surface area (Å²) in [7, 11) is 0. The van der Waals surface area contributed by atoms with E-state index in [-0.39, 0.29) is 18.2 Å². The first-order valence-corrected chi connectivity index (χ1v) is 14.3. The minimum atomic E-state index is 0. The number of benzene rings is 1. The molecule has 7 heteroatoms. The van der Waals surface area contributed by atoms with Crippen LogP contribution in [-0.4, -0.2) is 10.9 Å². The Balaban J connectivity index is 0.000000668. The number of nitrogens with zero attached hydrogens (tertiary/aromatic N) is 3. The number of nitrogens with two attached hydrogens (primary N) is 2. The van der Waals surface area contributed by atoms with Crippen LogP contribution in [0.3, 0.4) is 0 Å². The maximum Gasteiger partial charge on any atom is 0.153 e. The third kappa shape index (κ3) is 19.4. The lowest BCUT2D eigenvalue weighted by Crippen LogP contribution is -1.95. The average molecular weight is 539 g/mol. The zero-order valence-corrected chi connectivity index (χ0v) is 23.9. The largest absolute Gasteiger partial charge is 0.384 e. The number of hydrogen-bond donors (Lipinski definition) is 2. The first-order chi connectivity index (χ1) is 17.2. The molecule has 0 radical (unpaired) electrons. The van der Waals surface area contributed by atoms with Crippen LogP contribution in [0.25, 0.3) is 0 Å².